The van der Waals surface area contributed by atoms with Gasteiger partial charge in [0.05, 0.1) is 6.42 Å². The van der Waals surface area contributed by atoms with Crippen LogP contribution in [0.25, 0.3) is 0 Å². The van der Waals surface area contributed by atoms with Gasteiger partial charge >= 0.3 is 12.0 Å². The van der Waals surface area contributed by atoms with E-state index in [1.807, 2.05) is 37.3 Å². The highest BCUT2D eigenvalue weighted by molar-refractivity contribution is 5.76. The summed E-state index contributed by atoms with van der Waals surface area (Å²) in [5, 5.41) is 14.2. The molecule has 1 unspecified atom stereocenters. The molecule has 0 aliphatic rings. The van der Waals surface area contributed by atoms with Crippen LogP contribution in [0.1, 0.15) is 38.7 Å². The van der Waals surface area contributed by atoms with Crippen LogP contribution in [0, 0.1) is 0 Å². The zero-order valence-electron chi connectivity index (χ0n) is 12.1. The molecule has 1 aromatic carbocycles. The number of benzene rings is 1. The summed E-state index contributed by atoms with van der Waals surface area (Å²) in [4.78, 5) is 22.4. The third kappa shape index (κ3) is 5.73. The second-order valence-electron chi connectivity index (χ2n) is 5.60. The van der Waals surface area contributed by atoms with Crippen molar-refractivity contribution < 1.29 is 14.7 Å². The Labute approximate surface area is 119 Å². The van der Waals surface area contributed by atoms with Gasteiger partial charge < -0.3 is 15.7 Å². The fourth-order valence-electron chi connectivity index (χ4n) is 1.92. The number of carboxylic acids is 1. The third-order valence-electron chi connectivity index (χ3n) is 2.98. The number of hydrogen-bond acceptors (Lipinski definition) is 2. The molecule has 5 heteroatoms. The van der Waals surface area contributed by atoms with Crippen LogP contribution in [0.2, 0.25) is 0 Å². The maximum Gasteiger partial charge on any atom is 0.315 e. The standard InChI is InChI=1S/C15H22N2O3/c1-11(12-7-5-4-6-8-12)10-16-14(20)17-15(2,3)9-13(18)19/h4-8,11H,9-10H2,1-3H3,(H,18,19)(H2,16,17,20). The number of aliphatic carboxylic acids is 1. The average Bonchev–Trinajstić information content (AvgIpc) is 2.34. The number of hydrogen-bond donors (Lipinski definition) is 3. The number of rotatable bonds is 6. The summed E-state index contributed by atoms with van der Waals surface area (Å²) in [7, 11) is 0. The van der Waals surface area contributed by atoms with E-state index < -0.39 is 11.5 Å². The van der Waals surface area contributed by atoms with Gasteiger partial charge in [0.25, 0.3) is 0 Å². The van der Waals surface area contributed by atoms with Gasteiger partial charge in [-0.3, -0.25) is 4.79 Å². The first-order valence-electron chi connectivity index (χ1n) is 6.63. The molecule has 5 nitrogen and oxygen atoms in total. The minimum atomic E-state index is -0.937. The lowest BCUT2D eigenvalue weighted by molar-refractivity contribution is -0.138. The van der Waals surface area contributed by atoms with E-state index in [-0.39, 0.29) is 18.4 Å². The molecule has 0 radical (unpaired) electrons. The number of nitrogens with one attached hydrogen (secondary N) is 2. The summed E-state index contributed by atoms with van der Waals surface area (Å²) in [6.07, 6.45) is -0.116. The Morgan fingerprint density at radius 2 is 1.85 bits per heavy atom. The van der Waals surface area contributed by atoms with Gasteiger partial charge in [-0.2, -0.15) is 0 Å². The quantitative estimate of drug-likeness (QED) is 0.747. The van der Waals surface area contributed by atoms with Gasteiger partial charge in [0, 0.05) is 12.1 Å². The van der Waals surface area contributed by atoms with Crippen LogP contribution >= 0.6 is 0 Å². The van der Waals surface area contributed by atoms with Crippen LogP contribution < -0.4 is 10.6 Å². The first-order chi connectivity index (χ1) is 9.30. The maximum absolute atomic E-state index is 11.8. The van der Waals surface area contributed by atoms with Gasteiger partial charge in [-0.25, -0.2) is 4.79 Å². The first kappa shape index (κ1) is 16.0. The van der Waals surface area contributed by atoms with Crippen LogP contribution in [0.4, 0.5) is 4.79 Å². The molecule has 1 aromatic rings. The molecule has 20 heavy (non-hydrogen) atoms. The van der Waals surface area contributed by atoms with Gasteiger partial charge in [-0.1, -0.05) is 37.3 Å². The smallest absolute Gasteiger partial charge is 0.315 e. The van der Waals surface area contributed by atoms with Crippen molar-refractivity contribution in [3.8, 4) is 0 Å². The summed E-state index contributed by atoms with van der Waals surface area (Å²) in [6.45, 7) is 5.89. The van der Waals surface area contributed by atoms with Crippen molar-refractivity contribution in [1.82, 2.24) is 10.6 Å². The Morgan fingerprint density at radius 3 is 2.40 bits per heavy atom. The van der Waals surface area contributed by atoms with Crippen molar-refractivity contribution >= 4 is 12.0 Å². The molecule has 1 atom stereocenters. The van der Waals surface area contributed by atoms with E-state index in [1.54, 1.807) is 13.8 Å². The number of amides is 2. The van der Waals surface area contributed by atoms with Crippen LogP contribution in [-0.4, -0.2) is 29.2 Å². The van der Waals surface area contributed by atoms with E-state index in [0.29, 0.717) is 6.54 Å². The molecule has 0 spiro atoms. The van der Waals surface area contributed by atoms with Gasteiger partial charge in [-0.05, 0) is 25.3 Å². The first-order valence-corrected chi connectivity index (χ1v) is 6.63. The van der Waals surface area contributed by atoms with E-state index >= 15 is 0 Å². The van der Waals surface area contributed by atoms with E-state index in [9.17, 15) is 9.59 Å². The summed E-state index contributed by atoms with van der Waals surface area (Å²) in [6, 6.07) is 9.55. The summed E-state index contributed by atoms with van der Waals surface area (Å²) in [5.41, 5.74) is 0.379. The summed E-state index contributed by atoms with van der Waals surface area (Å²) >= 11 is 0. The molecule has 0 saturated carbocycles. The lowest BCUT2D eigenvalue weighted by Gasteiger charge is -2.25. The lowest BCUT2D eigenvalue weighted by Crippen LogP contribution is -2.50. The van der Waals surface area contributed by atoms with Gasteiger partial charge in [0.1, 0.15) is 0 Å². The highest BCUT2D eigenvalue weighted by Crippen LogP contribution is 2.13. The van der Waals surface area contributed by atoms with Gasteiger partial charge in [-0.15, -0.1) is 0 Å². The van der Waals surface area contributed by atoms with Crippen LogP contribution in [-0.2, 0) is 4.79 Å². The summed E-state index contributed by atoms with van der Waals surface area (Å²) in [5.74, 6) is -0.738. The largest absolute Gasteiger partial charge is 0.481 e. The Hall–Kier alpha value is -2.04. The highest BCUT2D eigenvalue weighted by Gasteiger charge is 2.23. The molecule has 0 aliphatic carbocycles. The normalized spacial score (nSPS) is 12.6. The fourth-order valence-corrected chi connectivity index (χ4v) is 1.92. The molecule has 0 saturated heterocycles. The van der Waals surface area contributed by atoms with Crippen LogP contribution in [0.3, 0.4) is 0 Å². The van der Waals surface area contributed by atoms with Crippen molar-refractivity contribution in [2.75, 3.05) is 6.54 Å². The van der Waals surface area contributed by atoms with Gasteiger partial charge in [0.15, 0.2) is 0 Å². The van der Waals surface area contributed by atoms with Crippen molar-refractivity contribution in [1.29, 1.82) is 0 Å². The summed E-state index contributed by atoms with van der Waals surface area (Å²) < 4.78 is 0. The maximum atomic E-state index is 11.8. The SMILES string of the molecule is CC(CNC(=O)NC(C)(C)CC(=O)O)c1ccccc1. The molecule has 0 aliphatic heterocycles. The number of carboxylic acid groups (broad SMARTS) is 1. The second-order valence-corrected chi connectivity index (χ2v) is 5.60. The Bertz CT molecular complexity index is 457. The minimum absolute atomic E-state index is 0.116. The number of urea groups is 1. The Balaban J connectivity index is 2.42. The van der Waals surface area contributed by atoms with Crippen LogP contribution in [0.15, 0.2) is 30.3 Å². The predicted molar refractivity (Wildman–Crippen MR) is 77.7 cm³/mol. The van der Waals surface area contributed by atoms with E-state index in [4.69, 9.17) is 5.11 Å². The highest BCUT2D eigenvalue weighted by atomic mass is 16.4. The van der Waals surface area contributed by atoms with Crippen LogP contribution in [0.5, 0.6) is 0 Å². The molecular weight excluding hydrogens is 256 g/mol. The Morgan fingerprint density at radius 1 is 1.25 bits per heavy atom. The Kier molecular flexibility index (Phi) is 5.55. The molecule has 0 bridgehead atoms. The number of carbonyl (C=O) groups excluding carboxylic acids is 1. The van der Waals surface area contributed by atoms with E-state index in [0.717, 1.165) is 5.56 Å². The van der Waals surface area contributed by atoms with Gasteiger partial charge in [0.2, 0.25) is 0 Å². The van der Waals surface area contributed by atoms with Crippen molar-refractivity contribution in [2.24, 2.45) is 0 Å². The third-order valence-corrected chi connectivity index (χ3v) is 2.98. The minimum Gasteiger partial charge on any atom is -0.481 e. The van der Waals surface area contributed by atoms with Crippen molar-refractivity contribution in [3.63, 3.8) is 0 Å². The molecule has 0 heterocycles. The van der Waals surface area contributed by atoms with Crippen molar-refractivity contribution in [2.45, 2.75) is 38.6 Å². The molecule has 2 amide bonds. The number of carbonyl (C=O) groups is 2. The lowest BCUT2D eigenvalue weighted by atomic mass is 10.0. The molecule has 1 rings (SSSR count). The van der Waals surface area contributed by atoms with E-state index in [2.05, 4.69) is 10.6 Å². The molecule has 0 aromatic heterocycles. The molecule has 3 N–H and O–H groups in total. The molecule has 110 valence electrons. The zero-order valence-corrected chi connectivity index (χ0v) is 12.1. The average molecular weight is 278 g/mol. The molecular formula is C15H22N2O3. The zero-order chi connectivity index (χ0) is 15.2. The van der Waals surface area contributed by atoms with Crippen molar-refractivity contribution in [3.05, 3.63) is 35.9 Å². The fraction of sp³-hybridized carbons (Fsp3) is 0.467. The van der Waals surface area contributed by atoms with E-state index in [1.165, 1.54) is 0 Å². The predicted octanol–water partition coefficient (Wildman–Crippen LogP) is 2.34. The second kappa shape index (κ2) is 6.93. The monoisotopic (exact) mass is 278 g/mol. The molecule has 0 fully saturated rings. The topological polar surface area (TPSA) is 78.4 Å².